The van der Waals surface area contributed by atoms with Crippen molar-refractivity contribution < 1.29 is 4.79 Å². The van der Waals surface area contributed by atoms with Crippen LogP contribution in [0.15, 0.2) is 61.2 Å². The number of benzene rings is 2. The molecule has 1 amide bonds. The number of para-hydroxylation sites is 2. The fraction of sp³-hybridized carbons (Fsp3) is 0.250. The summed E-state index contributed by atoms with van der Waals surface area (Å²) in [4.78, 5) is 19.0. The molecule has 1 aliphatic rings. The molecule has 0 saturated carbocycles. The van der Waals surface area contributed by atoms with Gasteiger partial charge in [0.2, 0.25) is 5.91 Å². The highest BCUT2D eigenvalue weighted by molar-refractivity contribution is 5.96. The maximum Gasteiger partial charge on any atom is 0.241 e. The maximum absolute atomic E-state index is 12.8. The predicted molar refractivity (Wildman–Crippen MR) is 100 cm³/mol. The van der Waals surface area contributed by atoms with Crippen molar-refractivity contribution in [1.82, 2.24) is 19.7 Å². The van der Waals surface area contributed by atoms with Crippen molar-refractivity contribution in [3.05, 3.63) is 72.3 Å². The monoisotopic (exact) mass is 347 g/mol. The molecule has 0 aliphatic carbocycles. The Morgan fingerprint density at radius 3 is 2.69 bits per heavy atom. The zero-order chi connectivity index (χ0) is 17.9. The van der Waals surface area contributed by atoms with Crippen LogP contribution in [0.4, 0.5) is 5.69 Å². The molecule has 1 aromatic heterocycles. The van der Waals surface area contributed by atoms with Crippen molar-refractivity contribution >= 4 is 11.6 Å². The fourth-order valence-electron chi connectivity index (χ4n) is 3.36. The highest BCUT2D eigenvalue weighted by Crippen LogP contribution is 2.22. The van der Waals surface area contributed by atoms with Crippen LogP contribution in [0.5, 0.6) is 0 Å². The molecular formula is C20H21N5O. The van der Waals surface area contributed by atoms with Crippen LogP contribution in [0.2, 0.25) is 0 Å². The fourth-order valence-corrected chi connectivity index (χ4v) is 3.36. The molecule has 3 aromatic rings. The number of aromatic nitrogens is 3. The Bertz CT molecular complexity index is 906. The highest BCUT2D eigenvalue weighted by Gasteiger charge is 2.25. The molecule has 0 unspecified atom stereocenters. The summed E-state index contributed by atoms with van der Waals surface area (Å²) in [6.45, 7) is 3.65. The van der Waals surface area contributed by atoms with Crippen molar-refractivity contribution in [2.24, 2.45) is 0 Å². The zero-order valence-corrected chi connectivity index (χ0v) is 14.7. The van der Waals surface area contributed by atoms with Gasteiger partial charge in [-0.25, -0.2) is 9.67 Å². The Labute approximate surface area is 152 Å². The van der Waals surface area contributed by atoms with Gasteiger partial charge in [-0.1, -0.05) is 36.4 Å². The van der Waals surface area contributed by atoms with Crippen molar-refractivity contribution in [3.63, 3.8) is 0 Å². The predicted octanol–water partition coefficient (Wildman–Crippen LogP) is 2.65. The van der Waals surface area contributed by atoms with E-state index in [1.807, 2.05) is 31.2 Å². The van der Waals surface area contributed by atoms with E-state index in [2.05, 4.69) is 44.6 Å². The Morgan fingerprint density at radius 1 is 1.12 bits per heavy atom. The summed E-state index contributed by atoms with van der Waals surface area (Å²) in [6.07, 6.45) is 4.08. The summed E-state index contributed by atoms with van der Waals surface area (Å²) < 4.78 is 1.65. The van der Waals surface area contributed by atoms with E-state index >= 15 is 0 Å². The Morgan fingerprint density at radius 2 is 1.88 bits per heavy atom. The van der Waals surface area contributed by atoms with Gasteiger partial charge in [0.05, 0.1) is 17.4 Å². The third-order valence-electron chi connectivity index (χ3n) is 4.91. The van der Waals surface area contributed by atoms with Crippen LogP contribution >= 0.6 is 0 Å². The average molecular weight is 347 g/mol. The molecule has 1 N–H and O–H groups in total. The number of rotatable bonds is 4. The molecule has 1 atom stereocenters. The molecule has 1 aliphatic heterocycles. The molecular weight excluding hydrogens is 326 g/mol. The van der Waals surface area contributed by atoms with Crippen molar-refractivity contribution in [1.29, 1.82) is 0 Å². The number of nitrogens with one attached hydrogen (secondary N) is 1. The van der Waals surface area contributed by atoms with Crippen molar-refractivity contribution in [2.45, 2.75) is 25.9 Å². The van der Waals surface area contributed by atoms with Crippen LogP contribution in [0.3, 0.4) is 0 Å². The van der Waals surface area contributed by atoms with Gasteiger partial charge in [-0.15, -0.1) is 0 Å². The number of carbonyl (C=O) groups excluding carboxylic acids is 1. The lowest BCUT2D eigenvalue weighted by Gasteiger charge is -2.33. The third-order valence-corrected chi connectivity index (χ3v) is 4.91. The standard InChI is InChI=1S/C20H21N5O/c1-15(24-11-10-16-6-2-3-7-17(16)12-24)20(26)23-18-8-4-5-9-19(18)25-14-21-13-22-25/h2-9,13-15H,10-12H2,1H3,(H,23,26)/t15-/m1/s1. The first-order valence-electron chi connectivity index (χ1n) is 8.78. The zero-order valence-electron chi connectivity index (χ0n) is 14.7. The number of amides is 1. The van der Waals surface area contributed by atoms with Gasteiger partial charge in [0.15, 0.2) is 0 Å². The molecule has 6 heteroatoms. The summed E-state index contributed by atoms with van der Waals surface area (Å²) in [5, 5.41) is 7.21. The van der Waals surface area contributed by atoms with Crippen molar-refractivity contribution in [2.75, 3.05) is 11.9 Å². The smallest absolute Gasteiger partial charge is 0.241 e. The minimum atomic E-state index is -0.216. The van der Waals surface area contributed by atoms with E-state index in [0.717, 1.165) is 30.9 Å². The summed E-state index contributed by atoms with van der Waals surface area (Å²) in [6, 6.07) is 15.8. The first-order chi connectivity index (χ1) is 12.7. The lowest BCUT2D eigenvalue weighted by molar-refractivity contribution is -0.121. The highest BCUT2D eigenvalue weighted by atomic mass is 16.2. The number of fused-ring (bicyclic) bond motifs is 1. The molecule has 2 aromatic carbocycles. The minimum Gasteiger partial charge on any atom is -0.323 e. The van der Waals surface area contributed by atoms with Crippen LogP contribution in [-0.4, -0.2) is 38.2 Å². The van der Waals surface area contributed by atoms with Gasteiger partial charge in [0, 0.05) is 13.1 Å². The van der Waals surface area contributed by atoms with E-state index in [4.69, 9.17) is 0 Å². The SMILES string of the molecule is C[C@H](C(=O)Nc1ccccc1-n1cncn1)N1CCc2ccccc2C1. The Balaban J connectivity index is 1.49. The normalized spacial score (nSPS) is 15.3. The average Bonchev–Trinajstić information content (AvgIpc) is 3.22. The van der Waals surface area contributed by atoms with E-state index in [1.165, 1.54) is 17.5 Å². The summed E-state index contributed by atoms with van der Waals surface area (Å²) in [5.41, 5.74) is 4.22. The topological polar surface area (TPSA) is 63.1 Å². The summed E-state index contributed by atoms with van der Waals surface area (Å²) in [5.74, 6) is -0.0167. The second-order valence-electron chi connectivity index (χ2n) is 6.51. The van der Waals surface area contributed by atoms with E-state index < -0.39 is 0 Å². The van der Waals surface area contributed by atoms with E-state index in [0.29, 0.717) is 0 Å². The molecule has 6 nitrogen and oxygen atoms in total. The van der Waals surface area contributed by atoms with Crippen LogP contribution in [0.25, 0.3) is 5.69 Å². The van der Waals surface area contributed by atoms with Crippen LogP contribution in [0, 0.1) is 0 Å². The number of hydrogen-bond acceptors (Lipinski definition) is 4. The van der Waals surface area contributed by atoms with E-state index in [-0.39, 0.29) is 11.9 Å². The minimum absolute atomic E-state index is 0.0167. The third kappa shape index (κ3) is 3.23. The van der Waals surface area contributed by atoms with Crippen molar-refractivity contribution in [3.8, 4) is 5.69 Å². The van der Waals surface area contributed by atoms with Gasteiger partial charge in [-0.2, -0.15) is 5.10 Å². The molecule has 26 heavy (non-hydrogen) atoms. The number of carbonyl (C=O) groups is 1. The molecule has 0 radical (unpaired) electrons. The van der Waals surface area contributed by atoms with Gasteiger partial charge in [0.25, 0.3) is 0 Å². The van der Waals surface area contributed by atoms with Crippen LogP contribution in [-0.2, 0) is 17.8 Å². The van der Waals surface area contributed by atoms with Gasteiger partial charge in [0.1, 0.15) is 12.7 Å². The lowest BCUT2D eigenvalue weighted by atomic mass is 9.99. The van der Waals surface area contributed by atoms with Crippen LogP contribution < -0.4 is 5.32 Å². The molecule has 0 fully saturated rings. The molecule has 2 heterocycles. The Kier molecular flexibility index (Phi) is 4.50. The van der Waals surface area contributed by atoms with Gasteiger partial charge < -0.3 is 5.32 Å². The maximum atomic E-state index is 12.8. The Hall–Kier alpha value is -2.99. The van der Waals surface area contributed by atoms with Gasteiger partial charge in [-0.3, -0.25) is 9.69 Å². The lowest BCUT2D eigenvalue weighted by Crippen LogP contribution is -2.44. The second kappa shape index (κ2) is 7.09. The molecule has 132 valence electrons. The first kappa shape index (κ1) is 16.5. The quantitative estimate of drug-likeness (QED) is 0.788. The summed E-state index contributed by atoms with van der Waals surface area (Å²) >= 11 is 0. The van der Waals surface area contributed by atoms with Gasteiger partial charge >= 0.3 is 0 Å². The number of hydrogen-bond donors (Lipinski definition) is 1. The molecule has 0 saturated heterocycles. The van der Waals surface area contributed by atoms with Crippen LogP contribution in [0.1, 0.15) is 18.1 Å². The van der Waals surface area contributed by atoms with Gasteiger partial charge in [-0.05, 0) is 36.6 Å². The number of anilines is 1. The number of nitrogens with zero attached hydrogens (tertiary/aromatic N) is 4. The summed E-state index contributed by atoms with van der Waals surface area (Å²) in [7, 11) is 0. The molecule has 0 bridgehead atoms. The van der Waals surface area contributed by atoms with E-state index in [9.17, 15) is 4.79 Å². The molecule has 4 rings (SSSR count). The molecule has 0 spiro atoms. The first-order valence-corrected chi connectivity index (χ1v) is 8.78. The largest absolute Gasteiger partial charge is 0.323 e. The van der Waals surface area contributed by atoms with E-state index in [1.54, 1.807) is 11.0 Å². The second-order valence-corrected chi connectivity index (χ2v) is 6.51.